The monoisotopic (exact) mass is 309 g/mol. The number of hydrogen-bond acceptors (Lipinski definition) is 1. The number of halogens is 2. The summed E-state index contributed by atoms with van der Waals surface area (Å²) >= 11 is 8.22. The fraction of sp³-hybridized carbons (Fsp3) is 0.400. The van der Waals surface area contributed by atoms with Crippen LogP contribution in [0.1, 0.15) is 18.9 Å². The predicted octanol–water partition coefficient (Wildman–Crippen LogP) is 3.22. The first-order chi connectivity index (χ1) is 6.09. The molecule has 0 aromatic heterocycles. The normalized spacial score (nSPS) is 12.9. The molecule has 1 rings (SSSR count). The molecule has 0 fully saturated rings. The Bertz CT molecular complexity index is 286. The molecule has 0 saturated heterocycles. The Balaban J connectivity index is 2.63. The van der Waals surface area contributed by atoms with Crippen molar-refractivity contribution in [2.24, 2.45) is 5.73 Å². The second kappa shape index (κ2) is 5.17. The van der Waals surface area contributed by atoms with Gasteiger partial charge in [0.05, 0.1) is 5.02 Å². The summed E-state index contributed by atoms with van der Waals surface area (Å²) in [6.07, 6.45) is 2.02. The molecule has 0 heterocycles. The van der Waals surface area contributed by atoms with Gasteiger partial charge in [-0.1, -0.05) is 17.7 Å². The second-order valence-corrected chi connectivity index (χ2v) is 4.83. The van der Waals surface area contributed by atoms with Crippen LogP contribution in [0.4, 0.5) is 0 Å². The van der Waals surface area contributed by atoms with E-state index in [0.29, 0.717) is 0 Å². The molecule has 1 aromatic carbocycles. The second-order valence-electron chi connectivity index (χ2n) is 3.26. The maximum absolute atomic E-state index is 5.99. The van der Waals surface area contributed by atoms with E-state index in [1.165, 1.54) is 5.56 Å². The SMILES string of the molecule is CC(N)CCc1ccc(I)c(Cl)c1. The lowest BCUT2D eigenvalue weighted by atomic mass is 10.1. The van der Waals surface area contributed by atoms with Gasteiger partial charge in [-0.05, 0) is 60.1 Å². The molecule has 1 aromatic rings. The molecule has 0 amide bonds. The summed E-state index contributed by atoms with van der Waals surface area (Å²) in [7, 11) is 0. The van der Waals surface area contributed by atoms with Gasteiger partial charge in [0.25, 0.3) is 0 Å². The van der Waals surface area contributed by atoms with Gasteiger partial charge in [0.15, 0.2) is 0 Å². The van der Waals surface area contributed by atoms with Crippen LogP contribution in [0.2, 0.25) is 5.02 Å². The number of hydrogen-bond donors (Lipinski definition) is 1. The number of rotatable bonds is 3. The zero-order valence-corrected chi connectivity index (χ0v) is 10.5. The quantitative estimate of drug-likeness (QED) is 0.852. The first-order valence-electron chi connectivity index (χ1n) is 4.29. The van der Waals surface area contributed by atoms with E-state index < -0.39 is 0 Å². The van der Waals surface area contributed by atoms with E-state index in [9.17, 15) is 0 Å². The van der Waals surface area contributed by atoms with E-state index in [4.69, 9.17) is 17.3 Å². The topological polar surface area (TPSA) is 26.0 Å². The van der Waals surface area contributed by atoms with Gasteiger partial charge in [0.2, 0.25) is 0 Å². The van der Waals surface area contributed by atoms with Crippen molar-refractivity contribution in [3.63, 3.8) is 0 Å². The summed E-state index contributed by atoms with van der Waals surface area (Å²) in [4.78, 5) is 0. The molecule has 1 nitrogen and oxygen atoms in total. The molecule has 0 aliphatic heterocycles. The maximum Gasteiger partial charge on any atom is 0.0542 e. The highest BCUT2D eigenvalue weighted by Crippen LogP contribution is 2.20. The van der Waals surface area contributed by atoms with Crippen LogP contribution >= 0.6 is 34.2 Å². The molecule has 1 unspecified atom stereocenters. The van der Waals surface area contributed by atoms with Crippen LogP contribution in [0.25, 0.3) is 0 Å². The van der Waals surface area contributed by atoms with Gasteiger partial charge in [-0.15, -0.1) is 0 Å². The van der Waals surface area contributed by atoms with Crippen molar-refractivity contribution in [2.75, 3.05) is 0 Å². The summed E-state index contributed by atoms with van der Waals surface area (Å²) in [5.74, 6) is 0. The van der Waals surface area contributed by atoms with Gasteiger partial charge in [-0.25, -0.2) is 0 Å². The molecule has 72 valence electrons. The van der Waals surface area contributed by atoms with Crippen LogP contribution in [0.3, 0.4) is 0 Å². The minimum Gasteiger partial charge on any atom is -0.328 e. The maximum atomic E-state index is 5.99. The van der Waals surface area contributed by atoms with Gasteiger partial charge in [-0.3, -0.25) is 0 Å². The Morgan fingerprint density at radius 3 is 2.77 bits per heavy atom. The average Bonchev–Trinajstić information content (AvgIpc) is 2.07. The first-order valence-corrected chi connectivity index (χ1v) is 5.75. The van der Waals surface area contributed by atoms with Crippen molar-refractivity contribution in [1.29, 1.82) is 0 Å². The van der Waals surface area contributed by atoms with Crippen LogP contribution in [0.5, 0.6) is 0 Å². The minimum absolute atomic E-state index is 0.262. The Kier molecular flexibility index (Phi) is 4.49. The lowest BCUT2D eigenvalue weighted by Gasteiger charge is -2.05. The third kappa shape index (κ3) is 3.83. The molecular weight excluding hydrogens is 296 g/mol. The largest absolute Gasteiger partial charge is 0.328 e. The van der Waals surface area contributed by atoms with Crippen LogP contribution in [0, 0.1) is 3.57 Å². The molecule has 2 N–H and O–H groups in total. The average molecular weight is 310 g/mol. The van der Waals surface area contributed by atoms with E-state index in [1.54, 1.807) is 0 Å². The van der Waals surface area contributed by atoms with E-state index in [0.717, 1.165) is 21.4 Å². The van der Waals surface area contributed by atoms with Crippen molar-refractivity contribution >= 4 is 34.2 Å². The van der Waals surface area contributed by atoms with Crippen LogP contribution < -0.4 is 5.73 Å². The summed E-state index contributed by atoms with van der Waals surface area (Å²) < 4.78 is 1.10. The van der Waals surface area contributed by atoms with Crippen LogP contribution in [-0.2, 0) is 6.42 Å². The fourth-order valence-corrected chi connectivity index (χ4v) is 1.63. The number of aryl methyl sites for hydroxylation is 1. The predicted molar refractivity (Wildman–Crippen MR) is 66.1 cm³/mol. The molecule has 0 aliphatic carbocycles. The fourth-order valence-electron chi connectivity index (χ4n) is 1.09. The minimum atomic E-state index is 0.262. The molecule has 0 saturated carbocycles. The van der Waals surface area contributed by atoms with Gasteiger partial charge in [0.1, 0.15) is 0 Å². The smallest absolute Gasteiger partial charge is 0.0542 e. The standard InChI is InChI=1S/C10H13ClIN/c1-7(13)2-3-8-4-5-10(12)9(11)6-8/h4-7H,2-3,13H2,1H3. The lowest BCUT2D eigenvalue weighted by Crippen LogP contribution is -2.15. The van der Waals surface area contributed by atoms with Crippen molar-refractivity contribution < 1.29 is 0 Å². The summed E-state index contributed by atoms with van der Waals surface area (Å²) in [5.41, 5.74) is 6.94. The van der Waals surface area contributed by atoms with Gasteiger partial charge in [0, 0.05) is 9.61 Å². The van der Waals surface area contributed by atoms with Gasteiger partial charge >= 0.3 is 0 Å². The third-order valence-electron chi connectivity index (χ3n) is 1.87. The van der Waals surface area contributed by atoms with Crippen LogP contribution in [-0.4, -0.2) is 6.04 Å². The van der Waals surface area contributed by atoms with E-state index >= 15 is 0 Å². The highest BCUT2D eigenvalue weighted by atomic mass is 127. The van der Waals surface area contributed by atoms with Gasteiger partial charge in [-0.2, -0.15) is 0 Å². The van der Waals surface area contributed by atoms with Crippen molar-refractivity contribution in [2.45, 2.75) is 25.8 Å². The van der Waals surface area contributed by atoms with Crippen molar-refractivity contribution in [3.8, 4) is 0 Å². The van der Waals surface area contributed by atoms with E-state index in [1.807, 2.05) is 19.1 Å². The molecule has 0 spiro atoms. The highest BCUT2D eigenvalue weighted by molar-refractivity contribution is 14.1. The molecule has 13 heavy (non-hydrogen) atoms. The third-order valence-corrected chi connectivity index (χ3v) is 3.44. The van der Waals surface area contributed by atoms with E-state index in [-0.39, 0.29) is 6.04 Å². The summed E-state index contributed by atoms with van der Waals surface area (Å²) in [6, 6.07) is 6.43. The Hall–Kier alpha value is 0.200. The first kappa shape index (κ1) is 11.3. The number of benzene rings is 1. The molecule has 3 heteroatoms. The van der Waals surface area contributed by atoms with E-state index in [2.05, 4.69) is 28.7 Å². The molecule has 0 bridgehead atoms. The van der Waals surface area contributed by atoms with Crippen molar-refractivity contribution in [1.82, 2.24) is 0 Å². The Morgan fingerprint density at radius 2 is 2.23 bits per heavy atom. The van der Waals surface area contributed by atoms with Gasteiger partial charge < -0.3 is 5.73 Å². The number of nitrogens with two attached hydrogens (primary N) is 1. The van der Waals surface area contributed by atoms with Crippen LogP contribution in [0.15, 0.2) is 18.2 Å². The summed E-state index contributed by atoms with van der Waals surface area (Å²) in [5, 5.41) is 0.836. The Labute approximate surface area is 97.8 Å². The summed E-state index contributed by atoms with van der Waals surface area (Å²) in [6.45, 7) is 2.02. The lowest BCUT2D eigenvalue weighted by molar-refractivity contribution is 0.666. The molecular formula is C10H13ClIN. The molecule has 0 radical (unpaired) electrons. The Morgan fingerprint density at radius 1 is 1.54 bits per heavy atom. The highest BCUT2D eigenvalue weighted by Gasteiger charge is 2.00. The molecule has 0 aliphatic rings. The molecule has 1 atom stereocenters. The van der Waals surface area contributed by atoms with Crippen molar-refractivity contribution in [3.05, 3.63) is 32.4 Å². The zero-order chi connectivity index (χ0) is 9.84. The zero-order valence-electron chi connectivity index (χ0n) is 7.56.